The Labute approximate surface area is 136 Å². The van der Waals surface area contributed by atoms with E-state index in [1.54, 1.807) is 6.07 Å². The molecule has 3 heteroatoms. The number of ketones is 1. The van der Waals surface area contributed by atoms with Crippen LogP contribution in [0.3, 0.4) is 0 Å². The highest BCUT2D eigenvalue weighted by Gasteiger charge is 2.24. The summed E-state index contributed by atoms with van der Waals surface area (Å²) >= 11 is 0. The first-order valence-corrected chi connectivity index (χ1v) is 7.72. The van der Waals surface area contributed by atoms with E-state index in [9.17, 15) is 4.79 Å². The molecule has 0 spiro atoms. The van der Waals surface area contributed by atoms with Crippen molar-refractivity contribution in [3.63, 3.8) is 0 Å². The third-order valence-corrected chi connectivity index (χ3v) is 3.57. The Hall–Kier alpha value is -2.57. The first-order chi connectivity index (χ1) is 11.3. The fourth-order valence-corrected chi connectivity index (χ4v) is 2.43. The van der Waals surface area contributed by atoms with Gasteiger partial charge in [0.2, 0.25) is 0 Å². The summed E-state index contributed by atoms with van der Waals surface area (Å²) in [5, 5.41) is 0. The Kier molecular flexibility index (Phi) is 5.08. The summed E-state index contributed by atoms with van der Waals surface area (Å²) in [7, 11) is 0. The van der Waals surface area contributed by atoms with E-state index in [-0.39, 0.29) is 11.9 Å². The molecule has 1 heterocycles. The number of fused-ring (bicyclic) bond motifs is 1. The zero-order valence-corrected chi connectivity index (χ0v) is 12.8. The largest absolute Gasteiger partial charge is 0.477 e. The molecule has 0 fully saturated rings. The van der Waals surface area contributed by atoms with E-state index in [1.807, 2.05) is 48.5 Å². The number of Topliss-reactive ketones (excluding diaryl/α,β-unsaturated/α-hetero) is 1. The molecule has 0 aliphatic carbocycles. The van der Waals surface area contributed by atoms with Crippen LogP contribution in [0, 0.1) is 11.8 Å². The summed E-state index contributed by atoms with van der Waals surface area (Å²) in [6, 6.07) is 17.3. The molecule has 116 valence electrons. The van der Waals surface area contributed by atoms with Crippen molar-refractivity contribution in [3.8, 4) is 17.6 Å². The van der Waals surface area contributed by atoms with Gasteiger partial charge < -0.3 is 9.47 Å². The Morgan fingerprint density at radius 3 is 2.74 bits per heavy atom. The van der Waals surface area contributed by atoms with Crippen molar-refractivity contribution < 1.29 is 14.3 Å². The van der Waals surface area contributed by atoms with E-state index in [4.69, 9.17) is 9.47 Å². The molecule has 0 bridgehead atoms. The third kappa shape index (κ3) is 4.21. The van der Waals surface area contributed by atoms with Crippen molar-refractivity contribution in [2.24, 2.45) is 0 Å². The third-order valence-electron chi connectivity index (χ3n) is 3.57. The molecule has 0 amide bonds. The van der Waals surface area contributed by atoms with Crippen molar-refractivity contribution in [3.05, 3.63) is 65.7 Å². The van der Waals surface area contributed by atoms with Crippen LogP contribution in [0.25, 0.3) is 0 Å². The lowest BCUT2D eigenvalue weighted by atomic mass is 10.0. The maximum Gasteiger partial charge on any atom is 0.171 e. The van der Waals surface area contributed by atoms with Gasteiger partial charge in [-0.2, -0.15) is 0 Å². The molecule has 23 heavy (non-hydrogen) atoms. The quantitative estimate of drug-likeness (QED) is 0.639. The van der Waals surface area contributed by atoms with Crippen molar-refractivity contribution in [2.45, 2.75) is 25.6 Å². The number of rotatable bonds is 4. The van der Waals surface area contributed by atoms with Crippen LogP contribution < -0.4 is 4.74 Å². The maximum absolute atomic E-state index is 12.0. The summed E-state index contributed by atoms with van der Waals surface area (Å²) in [6.07, 6.45) is 0.587. The predicted molar refractivity (Wildman–Crippen MR) is 88.3 cm³/mol. The van der Waals surface area contributed by atoms with Gasteiger partial charge in [-0.3, -0.25) is 4.79 Å². The smallest absolute Gasteiger partial charge is 0.171 e. The molecule has 1 aliphatic heterocycles. The summed E-state index contributed by atoms with van der Waals surface area (Å²) in [5.41, 5.74) is 1.80. The van der Waals surface area contributed by atoms with Gasteiger partial charge in [0.1, 0.15) is 5.75 Å². The predicted octanol–water partition coefficient (Wildman–Crippen LogP) is 3.63. The van der Waals surface area contributed by atoms with E-state index >= 15 is 0 Å². The molecule has 3 nitrogen and oxygen atoms in total. The van der Waals surface area contributed by atoms with Crippen molar-refractivity contribution in [1.82, 2.24) is 0 Å². The highest BCUT2D eigenvalue weighted by Crippen LogP contribution is 2.26. The van der Waals surface area contributed by atoms with E-state index in [2.05, 4.69) is 11.8 Å². The molecular weight excluding hydrogens is 288 g/mol. The van der Waals surface area contributed by atoms with Gasteiger partial charge in [-0.05, 0) is 17.7 Å². The zero-order chi connectivity index (χ0) is 15.9. The van der Waals surface area contributed by atoms with Crippen molar-refractivity contribution in [2.75, 3.05) is 6.61 Å². The molecule has 0 saturated heterocycles. The lowest BCUT2D eigenvalue weighted by Crippen LogP contribution is -2.25. The van der Waals surface area contributed by atoms with Gasteiger partial charge in [-0.15, -0.1) is 0 Å². The highest BCUT2D eigenvalue weighted by atomic mass is 16.5. The van der Waals surface area contributed by atoms with Gasteiger partial charge >= 0.3 is 0 Å². The summed E-state index contributed by atoms with van der Waals surface area (Å²) < 4.78 is 11.3. The first kappa shape index (κ1) is 15.3. The van der Waals surface area contributed by atoms with Crippen LogP contribution >= 0.6 is 0 Å². The summed E-state index contributed by atoms with van der Waals surface area (Å²) in [4.78, 5) is 12.0. The molecule has 2 aromatic carbocycles. The molecule has 0 unspecified atom stereocenters. The molecule has 0 N–H and O–H groups in total. The van der Waals surface area contributed by atoms with Crippen LogP contribution in [0.2, 0.25) is 0 Å². The normalized spacial score (nSPS) is 16.0. The molecule has 3 rings (SSSR count). The second-order valence-electron chi connectivity index (χ2n) is 5.34. The number of para-hydroxylation sites is 1. The zero-order valence-electron chi connectivity index (χ0n) is 12.8. The van der Waals surface area contributed by atoms with Gasteiger partial charge in [-0.25, -0.2) is 0 Å². The van der Waals surface area contributed by atoms with Crippen LogP contribution in [-0.2, 0) is 11.3 Å². The topological polar surface area (TPSA) is 35.5 Å². The minimum atomic E-state index is -0.355. The minimum absolute atomic E-state index is 0.0893. The average Bonchev–Trinajstić information content (AvgIpc) is 2.59. The Bertz CT molecular complexity index is 725. The van der Waals surface area contributed by atoms with E-state index in [1.165, 1.54) is 0 Å². The maximum atomic E-state index is 12.0. The first-order valence-electron chi connectivity index (χ1n) is 7.72. The lowest BCUT2D eigenvalue weighted by Gasteiger charge is -2.21. The second-order valence-corrected chi connectivity index (χ2v) is 5.34. The van der Waals surface area contributed by atoms with Crippen LogP contribution in [0.4, 0.5) is 0 Å². The minimum Gasteiger partial charge on any atom is -0.477 e. The van der Waals surface area contributed by atoms with E-state index in [0.29, 0.717) is 37.4 Å². The Balaban J connectivity index is 1.44. The number of ether oxygens (including phenoxy) is 2. The van der Waals surface area contributed by atoms with E-state index < -0.39 is 0 Å². The number of hydrogen-bond acceptors (Lipinski definition) is 3. The second kappa shape index (κ2) is 7.62. The number of benzene rings is 2. The molecule has 1 aliphatic rings. The van der Waals surface area contributed by atoms with Gasteiger partial charge in [0.05, 0.1) is 25.2 Å². The SMILES string of the molecule is O=C1C[C@@H](C#CCCOCc2ccccc2)Oc2ccccc21. The standard InChI is InChI=1S/C20H18O3/c21-19-14-17(23-20-12-5-4-11-18(19)20)10-6-7-13-22-15-16-8-2-1-3-9-16/h1-5,8-9,11-12,17H,7,13-15H2/t17-/m1/s1. The number of carbonyl (C=O) groups excluding carboxylic acids is 1. The van der Waals surface area contributed by atoms with Gasteiger partial charge in [0.15, 0.2) is 11.9 Å². The Morgan fingerprint density at radius 2 is 1.87 bits per heavy atom. The number of carbonyl (C=O) groups is 1. The van der Waals surface area contributed by atoms with Gasteiger partial charge in [0.25, 0.3) is 0 Å². The van der Waals surface area contributed by atoms with Crippen molar-refractivity contribution in [1.29, 1.82) is 0 Å². The van der Waals surface area contributed by atoms with Crippen LogP contribution in [-0.4, -0.2) is 18.5 Å². The molecule has 0 saturated carbocycles. The molecule has 0 aromatic heterocycles. The van der Waals surface area contributed by atoms with E-state index in [0.717, 1.165) is 5.56 Å². The molecule has 0 radical (unpaired) electrons. The van der Waals surface area contributed by atoms with Crippen LogP contribution in [0.15, 0.2) is 54.6 Å². The fourth-order valence-electron chi connectivity index (χ4n) is 2.43. The fraction of sp³-hybridized carbons (Fsp3) is 0.250. The molecule has 2 aromatic rings. The van der Waals surface area contributed by atoms with Crippen LogP contribution in [0.1, 0.15) is 28.8 Å². The lowest BCUT2D eigenvalue weighted by molar-refractivity contribution is 0.0900. The summed E-state index contributed by atoms with van der Waals surface area (Å²) in [6.45, 7) is 1.16. The van der Waals surface area contributed by atoms with Gasteiger partial charge in [0, 0.05) is 6.42 Å². The van der Waals surface area contributed by atoms with Crippen LogP contribution in [0.5, 0.6) is 5.75 Å². The highest BCUT2D eigenvalue weighted by molar-refractivity contribution is 6.00. The average molecular weight is 306 g/mol. The van der Waals surface area contributed by atoms with Gasteiger partial charge in [-0.1, -0.05) is 54.3 Å². The number of hydrogen-bond donors (Lipinski definition) is 0. The van der Waals surface area contributed by atoms with Crippen molar-refractivity contribution >= 4 is 5.78 Å². The molecular formula is C20H18O3. The monoisotopic (exact) mass is 306 g/mol. The Morgan fingerprint density at radius 1 is 1.09 bits per heavy atom. The summed E-state index contributed by atoms with van der Waals surface area (Å²) in [5.74, 6) is 6.78. The molecule has 1 atom stereocenters.